The number of hydrogen-bond acceptors (Lipinski definition) is 5. The number of nitrogens with zero attached hydrogens (tertiary/aromatic N) is 1. The van der Waals surface area contributed by atoms with Crippen molar-refractivity contribution in [1.29, 1.82) is 0 Å². The molecule has 2 heterocycles. The van der Waals surface area contributed by atoms with Crippen LogP contribution in [0.25, 0.3) is 10.6 Å². The maximum atomic E-state index is 9.25. The van der Waals surface area contributed by atoms with Gasteiger partial charge in [0.05, 0.1) is 6.61 Å². The molecule has 22 heavy (non-hydrogen) atoms. The van der Waals surface area contributed by atoms with Crippen molar-refractivity contribution in [2.45, 2.75) is 19.4 Å². The lowest BCUT2D eigenvalue weighted by Crippen LogP contribution is -2.35. The van der Waals surface area contributed by atoms with E-state index in [1.165, 1.54) is 10.4 Å². The molecule has 118 valence electrons. The quantitative estimate of drug-likeness (QED) is 0.824. The first-order chi connectivity index (χ1) is 10.8. The highest BCUT2D eigenvalue weighted by Gasteiger charge is 2.33. The topological polar surface area (TPSA) is 54.4 Å². The summed E-state index contributed by atoms with van der Waals surface area (Å²) in [4.78, 5) is 5.74. The number of hydrogen-bond donors (Lipinski definition) is 2. The molecule has 1 aromatic heterocycles. The number of nitrogens with one attached hydrogen (secondary N) is 1. The second-order valence-corrected chi connectivity index (χ2v) is 6.99. The highest BCUT2D eigenvalue weighted by Crippen LogP contribution is 2.31. The third kappa shape index (κ3) is 3.73. The minimum atomic E-state index is 0.0989. The standard InChI is InChI=1S/C17H22N2O2S/c20-8-6-17(7-9-21-13-17)12-18-10-15-11-19-16(22-15)14-4-2-1-3-5-14/h1-5,11,18,20H,6-10,12-13H2. The molecular weight excluding hydrogens is 296 g/mol. The first-order valence-corrected chi connectivity index (χ1v) is 8.52. The first-order valence-electron chi connectivity index (χ1n) is 7.71. The molecule has 4 nitrogen and oxygen atoms in total. The molecule has 2 N–H and O–H groups in total. The Balaban J connectivity index is 1.55. The molecule has 1 atom stereocenters. The molecule has 0 radical (unpaired) electrons. The Morgan fingerprint density at radius 2 is 2.18 bits per heavy atom. The van der Waals surface area contributed by atoms with Crippen molar-refractivity contribution < 1.29 is 9.84 Å². The van der Waals surface area contributed by atoms with Crippen LogP contribution in [0.15, 0.2) is 36.5 Å². The van der Waals surface area contributed by atoms with Crippen molar-refractivity contribution in [2.24, 2.45) is 5.41 Å². The number of aromatic nitrogens is 1. The SMILES string of the molecule is OCCC1(CNCc2cnc(-c3ccccc3)s2)CCOC1. The summed E-state index contributed by atoms with van der Waals surface area (Å²) in [6.07, 6.45) is 3.78. The van der Waals surface area contributed by atoms with E-state index in [1.807, 2.05) is 24.4 Å². The summed E-state index contributed by atoms with van der Waals surface area (Å²) >= 11 is 1.73. The largest absolute Gasteiger partial charge is 0.396 e. The summed E-state index contributed by atoms with van der Waals surface area (Å²) in [5, 5.41) is 13.8. The van der Waals surface area contributed by atoms with Gasteiger partial charge in [0.15, 0.2) is 0 Å². The molecule has 1 unspecified atom stereocenters. The van der Waals surface area contributed by atoms with Crippen molar-refractivity contribution in [1.82, 2.24) is 10.3 Å². The Hall–Kier alpha value is -1.27. The van der Waals surface area contributed by atoms with E-state index >= 15 is 0 Å². The van der Waals surface area contributed by atoms with Crippen molar-refractivity contribution >= 4 is 11.3 Å². The summed E-state index contributed by atoms with van der Waals surface area (Å²) in [6, 6.07) is 10.3. The lowest BCUT2D eigenvalue weighted by atomic mass is 9.84. The number of aliphatic hydroxyl groups is 1. The van der Waals surface area contributed by atoms with Crippen molar-refractivity contribution in [3.05, 3.63) is 41.4 Å². The molecule has 1 saturated heterocycles. The maximum Gasteiger partial charge on any atom is 0.123 e. The Bertz CT molecular complexity index is 579. The second kappa shape index (κ2) is 7.33. The molecule has 0 amide bonds. The zero-order chi connectivity index (χ0) is 15.3. The summed E-state index contributed by atoms with van der Waals surface area (Å²) < 4.78 is 5.52. The van der Waals surface area contributed by atoms with Crippen molar-refractivity contribution in [3.63, 3.8) is 0 Å². The van der Waals surface area contributed by atoms with Crippen molar-refractivity contribution in [3.8, 4) is 10.6 Å². The fourth-order valence-corrected chi connectivity index (χ4v) is 3.75. The van der Waals surface area contributed by atoms with E-state index in [0.29, 0.717) is 0 Å². The van der Waals surface area contributed by atoms with Crippen LogP contribution in [0, 0.1) is 5.41 Å². The molecule has 0 bridgehead atoms. The van der Waals surface area contributed by atoms with Crippen LogP contribution in [0.5, 0.6) is 0 Å². The van der Waals surface area contributed by atoms with E-state index < -0.39 is 0 Å². The number of ether oxygens (including phenoxy) is 1. The van der Waals surface area contributed by atoms with E-state index in [4.69, 9.17) is 4.74 Å². The van der Waals surface area contributed by atoms with Crippen LogP contribution in [0.2, 0.25) is 0 Å². The molecule has 5 heteroatoms. The Morgan fingerprint density at radius 1 is 1.32 bits per heavy atom. The summed E-state index contributed by atoms with van der Waals surface area (Å²) in [5.74, 6) is 0. The Kier molecular flexibility index (Phi) is 5.20. The van der Waals surface area contributed by atoms with Gasteiger partial charge < -0.3 is 15.2 Å². The van der Waals surface area contributed by atoms with Crippen molar-refractivity contribution in [2.75, 3.05) is 26.4 Å². The fraction of sp³-hybridized carbons (Fsp3) is 0.471. The number of rotatable bonds is 7. The molecule has 0 saturated carbocycles. The summed E-state index contributed by atoms with van der Waals surface area (Å²) in [7, 11) is 0. The predicted molar refractivity (Wildman–Crippen MR) is 88.8 cm³/mol. The second-order valence-electron chi connectivity index (χ2n) is 5.88. The van der Waals surface area contributed by atoms with Gasteiger partial charge in [0.25, 0.3) is 0 Å². The maximum absolute atomic E-state index is 9.25. The van der Waals surface area contributed by atoms with E-state index in [1.54, 1.807) is 11.3 Å². The van der Waals surface area contributed by atoms with Crippen LogP contribution in [0.3, 0.4) is 0 Å². The molecule has 0 spiro atoms. The van der Waals surface area contributed by atoms with Gasteiger partial charge in [-0.25, -0.2) is 4.98 Å². The average Bonchev–Trinajstić information content (AvgIpc) is 3.19. The van der Waals surface area contributed by atoms with Crippen LogP contribution in [0.1, 0.15) is 17.7 Å². The van der Waals surface area contributed by atoms with Crippen LogP contribution >= 0.6 is 11.3 Å². The van der Waals surface area contributed by atoms with E-state index in [-0.39, 0.29) is 12.0 Å². The molecule has 0 aliphatic carbocycles. The third-order valence-electron chi connectivity index (χ3n) is 4.20. The number of thiazole rings is 1. The van der Waals surface area contributed by atoms with Crippen LogP contribution in [-0.2, 0) is 11.3 Å². The van der Waals surface area contributed by atoms with Gasteiger partial charge >= 0.3 is 0 Å². The normalized spacial score (nSPS) is 21.3. The Morgan fingerprint density at radius 3 is 2.91 bits per heavy atom. The van der Waals surface area contributed by atoms with Gasteiger partial charge in [0.2, 0.25) is 0 Å². The number of aliphatic hydroxyl groups excluding tert-OH is 1. The molecule has 2 aromatic rings. The van der Waals surface area contributed by atoms with Crippen LogP contribution in [0.4, 0.5) is 0 Å². The molecular formula is C17H22N2O2S. The molecule has 1 aromatic carbocycles. The fourth-order valence-electron chi connectivity index (χ4n) is 2.87. The zero-order valence-corrected chi connectivity index (χ0v) is 13.4. The van der Waals surface area contributed by atoms with Gasteiger partial charge in [-0.2, -0.15) is 0 Å². The van der Waals surface area contributed by atoms with E-state index in [0.717, 1.165) is 44.2 Å². The van der Waals surface area contributed by atoms with Gasteiger partial charge in [-0.3, -0.25) is 0 Å². The lowest BCUT2D eigenvalue weighted by molar-refractivity contribution is 0.124. The molecule has 1 aliphatic heterocycles. The molecule has 1 fully saturated rings. The van der Waals surface area contributed by atoms with Gasteiger partial charge in [-0.15, -0.1) is 11.3 Å². The van der Waals surface area contributed by atoms with Gasteiger partial charge in [-0.05, 0) is 12.8 Å². The summed E-state index contributed by atoms with van der Waals surface area (Å²) in [6.45, 7) is 3.48. The van der Waals surface area contributed by atoms with E-state index in [2.05, 4.69) is 22.4 Å². The number of benzene rings is 1. The highest BCUT2D eigenvalue weighted by atomic mass is 32.1. The van der Waals surface area contributed by atoms with Crippen LogP contribution in [-0.4, -0.2) is 36.5 Å². The van der Waals surface area contributed by atoms with Crippen LogP contribution < -0.4 is 5.32 Å². The van der Waals surface area contributed by atoms with Gasteiger partial charge in [-0.1, -0.05) is 30.3 Å². The minimum Gasteiger partial charge on any atom is -0.396 e. The van der Waals surface area contributed by atoms with Gasteiger partial charge in [0, 0.05) is 48.4 Å². The minimum absolute atomic E-state index is 0.0989. The smallest absolute Gasteiger partial charge is 0.123 e. The first kappa shape index (κ1) is 15.6. The van der Waals surface area contributed by atoms with Gasteiger partial charge in [0.1, 0.15) is 5.01 Å². The zero-order valence-electron chi connectivity index (χ0n) is 12.6. The molecule has 1 aliphatic rings. The van der Waals surface area contributed by atoms with E-state index in [9.17, 15) is 5.11 Å². The monoisotopic (exact) mass is 318 g/mol. The average molecular weight is 318 g/mol. The lowest BCUT2D eigenvalue weighted by Gasteiger charge is -2.26. The third-order valence-corrected chi connectivity index (χ3v) is 5.25. The summed E-state index contributed by atoms with van der Waals surface area (Å²) in [5.41, 5.74) is 1.27. The highest BCUT2D eigenvalue weighted by molar-refractivity contribution is 7.15. The molecule has 3 rings (SSSR count). The predicted octanol–water partition coefficient (Wildman–Crippen LogP) is 2.69. The Labute approximate surface area is 135 Å².